The molecule has 0 atom stereocenters. The Kier molecular flexibility index (Phi) is 4.09. The Morgan fingerprint density at radius 1 is 1.33 bits per heavy atom. The first-order valence-corrected chi connectivity index (χ1v) is 2.98. The second-order valence-electron chi connectivity index (χ2n) is 2.10. The summed E-state index contributed by atoms with van der Waals surface area (Å²) in [4.78, 5) is 10.3. The number of aromatic carboxylic acids is 1. The molecular weight excluding hydrogens is 167 g/mol. The number of hydrogen-bond acceptors (Lipinski definition) is 4. The Morgan fingerprint density at radius 3 is 2.33 bits per heavy atom. The molecule has 0 spiro atoms. The Labute approximate surface area is 91.8 Å². The van der Waals surface area contributed by atoms with Gasteiger partial charge < -0.3 is 21.4 Å². The van der Waals surface area contributed by atoms with Crippen molar-refractivity contribution in [3.05, 3.63) is 23.8 Å². The van der Waals surface area contributed by atoms with E-state index in [1.165, 1.54) is 18.2 Å². The van der Waals surface area contributed by atoms with Crippen molar-refractivity contribution >= 4 is 17.3 Å². The quantitative estimate of drug-likeness (QED) is 0.337. The first-order valence-electron chi connectivity index (χ1n) is 2.98. The largest absolute Gasteiger partial charge is 1.00 e. The number of carbonyl (C=O) groups is 1. The third kappa shape index (κ3) is 2.14. The predicted molar refractivity (Wildman–Crippen MR) is 39.6 cm³/mol. The first kappa shape index (κ1) is 11.3. The molecule has 5 heteroatoms. The van der Waals surface area contributed by atoms with E-state index in [0.717, 1.165) is 0 Å². The summed E-state index contributed by atoms with van der Waals surface area (Å²) < 4.78 is 0. The van der Waals surface area contributed by atoms with Crippen LogP contribution in [0.25, 0.3) is 0 Å². The zero-order valence-corrected chi connectivity index (χ0v) is 8.70. The average molecular weight is 174 g/mol. The van der Waals surface area contributed by atoms with Crippen LogP contribution in [0, 0.1) is 0 Å². The molecule has 0 saturated heterocycles. The average Bonchev–Trinajstić information content (AvgIpc) is 1.94. The number of rotatable bonds is 1. The van der Waals surface area contributed by atoms with Gasteiger partial charge >= 0.3 is 29.6 Å². The molecule has 12 heavy (non-hydrogen) atoms. The Hall–Kier alpha value is -0.710. The Bertz CT molecular complexity index is 301. The number of nitrogens with two attached hydrogens (primary N) is 2. The second kappa shape index (κ2) is 4.35. The third-order valence-corrected chi connectivity index (χ3v) is 1.36. The van der Waals surface area contributed by atoms with Gasteiger partial charge in [0.05, 0.1) is 17.3 Å². The van der Waals surface area contributed by atoms with Crippen LogP contribution in [0.2, 0.25) is 0 Å². The van der Waals surface area contributed by atoms with Crippen LogP contribution in [0.1, 0.15) is 10.4 Å². The van der Waals surface area contributed by atoms with Gasteiger partial charge in [-0.15, -0.1) is 0 Å². The summed E-state index contributed by atoms with van der Waals surface area (Å²) in [5.41, 5.74) is 10.9. The van der Waals surface area contributed by atoms with Crippen LogP contribution in [-0.2, 0) is 0 Å². The molecule has 0 bridgehead atoms. The topological polar surface area (TPSA) is 92.2 Å². The van der Waals surface area contributed by atoms with Crippen molar-refractivity contribution in [2.45, 2.75) is 0 Å². The van der Waals surface area contributed by atoms with Gasteiger partial charge in [0.25, 0.3) is 0 Å². The molecule has 0 radical (unpaired) electrons. The summed E-state index contributed by atoms with van der Waals surface area (Å²) in [6.45, 7) is 0. The standard InChI is InChI=1S/C7H8N2O2.Na/c8-5-3-1-2-4(6(5)9)7(10)11;/h1-3H,8-9H2,(H,10,11);/q;+1/p-1. The van der Waals surface area contributed by atoms with E-state index in [9.17, 15) is 9.90 Å². The minimum atomic E-state index is -1.31. The molecule has 0 saturated carbocycles. The monoisotopic (exact) mass is 174 g/mol. The van der Waals surface area contributed by atoms with Gasteiger partial charge in [-0.1, -0.05) is 12.1 Å². The second-order valence-corrected chi connectivity index (χ2v) is 2.10. The van der Waals surface area contributed by atoms with Crippen LogP contribution in [0.5, 0.6) is 0 Å². The van der Waals surface area contributed by atoms with E-state index in [4.69, 9.17) is 11.5 Å². The van der Waals surface area contributed by atoms with Crippen molar-refractivity contribution in [1.29, 1.82) is 0 Å². The van der Waals surface area contributed by atoms with Gasteiger partial charge in [-0.2, -0.15) is 0 Å². The van der Waals surface area contributed by atoms with Crippen LogP contribution in [0.4, 0.5) is 11.4 Å². The molecule has 0 unspecified atom stereocenters. The molecule has 0 aliphatic heterocycles. The van der Waals surface area contributed by atoms with E-state index >= 15 is 0 Å². The van der Waals surface area contributed by atoms with Gasteiger partial charge in [-0.3, -0.25) is 0 Å². The molecule has 0 fully saturated rings. The Morgan fingerprint density at radius 2 is 1.92 bits per heavy atom. The fraction of sp³-hybridized carbons (Fsp3) is 0. The number of nitrogen functional groups attached to an aromatic ring is 2. The fourth-order valence-electron chi connectivity index (χ4n) is 0.761. The molecule has 1 aromatic carbocycles. The zero-order chi connectivity index (χ0) is 8.43. The van der Waals surface area contributed by atoms with Gasteiger partial charge in [0, 0.05) is 5.56 Å². The first-order chi connectivity index (χ1) is 5.13. The molecule has 1 rings (SSSR count). The maximum Gasteiger partial charge on any atom is 1.00 e. The van der Waals surface area contributed by atoms with E-state index < -0.39 is 5.97 Å². The van der Waals surface area contributed by atoms with Crippen LogP contribution < -0.4 is 46.1 Å². The van der Waals surface area contributed by atoms with E-state index in [2.05, 4.69) is 0 Å². The predicted octanol–water partition coefficient (Wildman–Crippen LogP) is -3.78. The summed E-state index contributed by atoms with van der Waals surface area (Å²) in [6, 6.07) is 4.39. The molecule has 4 N–H and O–H groups in total. The van der Waals surface area contributed by atoms with Crippen molar-refractivity contribution in [3.8, 4) is 0 Å². The summed E-state index contributed by atoms with van der Waals surface area (Å²) in [6.07, 6.45) is 0. The van der Waals surface area contributed by atoms with Gasteiger partial charge in [0.15, 0.2) is 0 Å². The van der Waals surface area contributed by atoms with Crippen LogP contribution in [0.15, 0.2) is 18.2 Å². The SMILES string of the molecule is Nc1cccc(C(=O)[O-])c1N.[Na+]. The number of para-hydroxylation sites is 1. The third-order valence-electron chi connectivity index (χ3n) is 1.36. The number of hydrogen-bond donors (Lipinski definition) is 2. The normalized spacial score (nSPS) is 8.67. The van der Waals surface area contributed by atoms with Crippen LogP contribution >= 0.6 is 0 Å². The summed E-state index contributed by atoms with van der Waals surface area (Å²) in [5, 5.41) is 10.3. The maximum absolute atomic E-state index is 10.3. The van der Waals surface area contributed by atoms with Crippen molar-refractivity contribution < 1.29 is 39.5 Å². The van der Waals surface area contributed by atoms with E-state index in [-0.39, 0.29) is 46.5 Å². The summed E-state index contributed by atoms with van der Waals surface area (Å²) in [5.74, 6) is -1.31. The van der Waals surface area contributed by atoms with Gasteiger partial charge in [0.1, 0.15) is 0 Å². The van der Waals surface area contributed by atoms with E-state index in [1.807, 2.05) is 0 Å². The summed E-state index contributed by atoms with van der Waals surface area (Å²) >= 11 is 0. The number of carboxylic acid groups (broad SMARTS) is 1. The Balaban J connectivity index is 0.00000121. The minimum absolute atomic E-state index is 0. The van der Waals surface area contributed by atoms with Crippen molar-refractivity contribution in [2.75, 3.05) is 11.5 Å². The number of carboxylic acids is 1. The molecule has 4 nitrogen and oxygen atoms in total. The molecule has 0 aromatic heterocycles. The van der Waals surface area contributed by atoms with Crippen molar-refractivity contribution in [2.24, 2.45) is 0 Å². The smallest absolute Gasteiger partial charge is 0.545 e. The fourth-order valence-corrected chi connectivity index (χ4v) is 0.761. The maximum atomic E-state index is 10.3. The van der Waals surface area contributed by atoms with E-state index in [1.54, 1.807) is 0 Å². The van der Waals surface area contributed by atoms with Gasteiger partial charge in [-0.05, 0) is 6.07 Å². The van der Waals surface area contributed by atoms with E-state index in [0.29, 0.717) is 0 Å². The number of benzene rings is 1. The molecular formula is C7H7N2NaO2. The number of carbonyl (C=O) groups excluding carboxylic acids is 1. The van der Waals surface area contributed by atoms with Gasteiger partial charge in [0.2, 0.25) is 0 Å². The van der Waals surface area contributed by atoms with Crippen LogP contribution in [0.3, 0.4) is 0 Å². The van der Waals surface area contributed by atoms with Crippen LogP contribution in [-0.4, -0.2) is 5.97 Å². The molecule has 1 aromatic rings. The summed E-state index contributed by atoms with van der Waals surface area (Å²) in [7, 11) is 0. The molecule has 58 valence electrons. The van der Waals surface area contributed by atoms with Gasteiger partial charge in [-0.25, -0.2) is 0 Å². The molecule has 0 amide bonds. The molecule has 0 aliphatic rings. The number of anilines is 2. The zero-order valence-electron chi connectivity index (χ0n) is 6.70. The van der Waals surface area contributed by atoms with Crippen molar-refractivity contribution in [1.82, 2.24) is 0 Å². The minimum Gasteiger partial charge on any atom is -0.545 e. The van der Waals surface area contributed by atoms with Crippen molar-refractivity contribution in [3.63, 3.8) is 0 Å². The molecule has 0 heterocycles. The molecule has 0 aliphatic carbocycles.